The number of amides is 3. The topological polar surface area (TPSA) is 91.0 Å². The Morgan fingerprint density at radius 1 is 1.00 bits per heavy atom. The maximum atomic E-state index is 14.4. The number of nitrogens with zero attached hydrogens (tertiary/aromatic N) is 2. The van der Waals surface area contributed by atoms with E-state index in [1.807, 2.05) is 104 Å². The molecular formula is C33H36N4O4. The minimum atomic E-state index is -1.07. The average Bonchev–Trinajstić information content (AvgIpc) is 3.49. The van der Waals surface area contributed by atoms with Crippen molar-refractivity contribution in [1.29, 1.82) is 0 Å². The molecule has 0 aromatic heterocycles. The fourth-order valence-electron chi connectivity index (χ4n) is 5.44. The third kappa shape index (κ3) is 6.66. The van der Waals surface area contributed by atoms with Gasteiger partial charge in [0.05, 0.1) is 6.04 Å². The van der Waals surface area contributed by atoms with E-state index in [4.69, 9.17) is 4.74 Å². The van der Waals surface area contributed by atoms with Crippen LogP contribution in [0, 0.1) is 0 Å². The van der Waals surface area contributed by atoms with Crippen LogP contribution in [0.15, 0.2) is 91.1 Å². The van der Waals surface area contributed by atoms with Crippen molar-refractivity contribution in [3.8, 4) is 5.75 Å². The van der Waals surface area contributed by atoms with Crippen LogP contribution in [0.4, 0.5) is 0 Å². The number of carbonyl (C=O) groups excluding carboxylic acids is 3. The lowest BCUT2D eigenvalue weighted by Crippen LogP contribution is -2.58. The van der Waals surface area contributed by atoms with Gasteiger partial charge in [0.2, 0.25) is 17.7 Å². The molecule has 8 nitrogen and oxygen atoms in total. The normalized spacial score (nSPS) is 21.5. The molecule has 0 spiro atoms. The number of rotatable bonds is 6. The van der Waals surface area contributed by atoms with Crippen LogP contribution in [0.2, 0.25) is 0 Å². The Hall–Kier alpha value is -4.43. The maximum Gasteiger partial charge on any atom is 0.250 e. The minimum Gasteiger partial charge on any atom is -0.483 e. The van der Waals surface area contributed by atoms with E-state index in [9.17, 15) is 14.4 Å². The summed E-state index contributed by atoms with van der Waals surface area (Å²) in [4.78, 5) is 45.0. The quantitative estimate of drug-likeness (QED) is 0.488. The van der Waals surface area contributed by atoms with E-state index < -0.39 is 24.2 Å². The van der Waals surface area contributed by atoms with Gasteiger partial charge in [0, 0.05) is 12.7 Å². The lowest BCUT2D eigenvalue weighted by molar-refractivity contribution is -0.144. The predicted octanol–water partition coefficient (Wildman–Crippen LogP) is 3.56. The first kappa shape index (κ1) is 28.1. The van der Waals surface area contributed by atoms with Crippen LogP contribution in [0.1, 0.15) is 35.6 Å². The summed E-state index contributed by atoms with van der Waals surface area (Å²) in [5, 5.41) is 5.91. The Bertz CT molecular complexity index is 1380. The molecule has 3 aromatic rings. The second-order valence-electron chi connectivity index (χ2n) is 10.7. The molecule has 0 aliphatic carbocycles. The Morgan fingerprint density at radius 2 is 1.68 bits per heavy atom. The second-order valence-corrected chi connectivity index (χ2v) is 10.7. The number of fused-ring (bicyclic) bond motifs is 7. The molecular weight excluding hydrogens is 516 g/mol. The summed E-state index contributed by atoms with van der Waals surface area (Å²) in [6.07, 6.45) is 4.28. The number of hydrogen-bond donors (Lipinski definition) is 2. The molecule has 1 saturated heterocycles. The molecule has 3 amide bonds. The summed E-state index contributed by atoms with van der Waals surface area (Å²) in [5.41, 5.74) is 2.65. The number of carbonyl (C=O) groups is 3. The predicted molar refractivity (Wildman–Crippen MR) is 158 cm³/mol. The van der Waals surface area contributed by atoms with Gasteiger partial charge in [0.1, 0.15) is 17.8 Å². The summed E-state index contributed by atoms with van der Waals surface area (Å²) in [5.74, 6) is -0.324. The highest BCUT2D eigenvalue weighted by atomic mass is 16.5. The fraction of sp³-hybridized carbons (Fsp3) is 0.303. The number of likely N-dealkylation sites (N-methyl/N-ethyl adjacent to an activating group) is 1. The van der Waals surface area contributed by atoms with Gasteiger partial charge >= 0.3 is 0 Å². The molecule has 2 N–H and O–H groups in total. The lowest BCUT2D eigenvalue weighted by atomic mass is 9.98. The highest BCUT2D eigenvalue weighted by Gasteiger charge is 2.42. The number of nitrogens with one attached hydrogen (secondary N) is 2. The van der Waals surface area contributed by atoms with Gasteiger partial charge in [-0.2, -0.15) is 0 Å². The van der Waals surface area contributed by atoms with Gasteiger partial charge in [-0.3, -0.25) is 19.3 Å². The molecule has 8 heteroatoms. The monoisotopic (exact) mass is 552 g/mol. The Labute approximate surface area is 241 Å². The maximum absolute atomic E-state index is 14.4. The average molecular weight is 553 g/mol. The number of hydrogen-bond acceptors (Lipinski definition) is 5. The fourth-order valence-corrected chi connectivity index (χ4v) is 5.44. The standard InChI is InChI=1S/C33H36N4O4/c1-36(2)28(22-24-10-5-3-6-11-24)32(39)35-29-30(25-12-7-4-8-13-25)41-26-17-15-23(16-18-26)19-20-34-31(38)27-14-9-21-37(27)33(29)40/h3-8,10-13,15-20,27-30H,9,14,21-22H2,1-2H3,(H,34,38)(H,35,39). The van der Waals surface area contributed by atoms with E-state index in [-0.39, 0.29) is 17.7 Å². The lowest BCUT2D eigenvalue weighted by Gasteiger charge is -2.35. The summed E-state index contributed by atoms with van der Waals surface area (Å²) in [7, 11) is 3.70. The van der Waals surface area contributed by atoms with Gasteiger partial charge in [-0.25, -0.2) is 0 Å². The highest BCUT2D eigenvalue weighted by molar-refractivity contribution is 5.94. The van der Waals surface area contributed by atoms with E-state index in [1.54, 1.807) is 17.2 Å². The zero-order valence-corrected chi connectivity index (χ0v) is 23.4. The summed E-state index contributed by atoms with van der Waals surface area (Å²) < 4.78 is 6.52. The van der Waals surface area contributed by atoms with Crippen LogP contribution < -0.4 is 15.4 Å². The van der Waals surface area contributed by atoms with Crippen molar-refractivity contribution < 1.29 is 19.1 Å². The van der Waals surface area contributed by atoms with Crippen LogP contribution in [-0.2, 0) is 20.8 Å². The van der Waals surface area contributed by atoms with Crippen LogP contribution in [0.5, 0.6) is 5.75 Å². The smallest absolute Gasteiger partial charge is 0.250 e. The van der Waals surface area contributed by atoms with Crippen molar-refractivity contribution in [3.63, 3.8) is 0 Å². The third-order valence-corrected chi connectivity index (χ3v) is 7.68. The molecule has 0 saturated carbocycles. The van der Waals surface area contributed by atoms with E-state index in [0.717, 1.165) is 16.7 Å². The molecule has 0 radical (unpaired) electrons. The van der Waals surface area contributed by atoms with Gasteiger partial charge in [-0.05, 0) is 68.3 Å². The number of benzene rings is 3. The van der Waals surface area contributed by atoms with Crippen molar-refractivity contribution in [2.45, 2.75) is 43.5 Å². The van der Waals surface area contributed by atoms with Crippen molar-refractivity contribution in [3.05, 3.63) is 108 Å². The van der Waals surface area contributed by atoms with Crippen LogP contribution in [0.25, 0.3) is 6.08 Å². The molecule has 41 heavy (non-hydrogen) atoms. The molecule has 3 heterocycles. The molecule has 3 aromatic carbocycles. The highest BCUT2D eigenvalue weighted by Crippen LogP contribution is 2.29. The zero-order chi connectivity index (χ0) is 28.8. The first-order valence-electron chi connectivity index (χ1n) is 14.0. The van der Waals surface area contributed by atoms with Gasteiger partial charge in [-0.15, -0.1) is 0 Å². The van der Waals surface area contributed by atoms with Gasteiger partial charge in [-0.1, -0.05) is 72.8 Å². The van der Waals surface area contributed by atoms with Crippen LogP contribution >= 0.6 is 0 Å². The summed E-state index contributed by atoms with van der Waals surface area (Å²) in [6.45, 7) is 0.420. The van der Waals surface area contributed by atoms with Gasteiger partial charge in [0.15, 0.2) is 6.10 Å². The largest absolute Gasteiger partial charge is 0.483 e. The van der Waals surface area contributed by atoms with Crippen molar-refractivity contribution in [2.75, 3.05) is 20.6 Å². The summed E-state index contributed by atoms with van der Waals surface area (Å²) in [6, 6.07) is 24.4. The SMILES string of the molecule is CN(C)C(Cc1ccccc1)C(=O)NC1C(=O)N2CCCC2C(=O)NC=Cc2ccc(cc2)OC1c1ccccc1. The molecule has 3 aliphatic rings. The first-order valence-corrected chi connectivity index (χ1v) is 14.0. The van der Waals surface area contributed by atoms with E-state index in [1.165, 1.54) is 0 Å². The molecule has 1 fully saturated rings. The van der Waals surface area contributed by atoms with Gasteiger partial charge in [0.25, 0.3) is 0 Å². The van der Waals surface area contributed by atoms with Gasteiger partial charge < -0.3 is 20.3 Å². The van der Waals surface area contributed by atoms with Crippen LogP contribution in [0.3, 0.4) is 0 Å². The van der Waals surface area contributed by atoms with Crippen molar-refractivity contribution in [2.24, 2.45) is 0 Å². The first-order chi connectivity index (χ1) is 19.9. The molecule has 6 rings (SSSR count). The molecule has 212 valence electrons. The Kier molecular flexibility index (Phi) is 8.79. The Morgan fingerprint density at radius 3 is 2.37 bits per heavy atom. The van der Waals surface area contributed by atoms with E-state index in [0.29, 0.717) is 31.6 Å². The summed E-state index contributed by atoms with van der Waals surface area (Å²) >= 11 is 0. The molecule has 4 atom stereocenters. The van der Waals surface area contributed by atoms with Crippen molar-refractivity contribution >= 4 is 23.8 Å². The molecule has 3 aliphatic heterocycles. The zero-order valence-electron chi connectivity index (χ0n) is 23.4. The third-order valence-electron chi connectivity index (χ3n) is 7.68. The molecule has 2 bridgehead atoms. The second kappa shape index (κ2) is 12.8. The van der Waals surface area contributed by atoms with Crippen molar-refractivity contribution in [1.82, 2.24) is 20.4 Å². The minimum absolute atomic E-state index is 0.252. The molecule has 4 unspecified atom stereocenters. The van der Waals surface area contributed by atoms with Crippen LogP contribution in [-0.4, -0.2) is 66.3 Å². The number of ether oxygens (including phenoxy) is 1. The van der Waals surface area contributed by atoms with E-state index >= 15 is 0 Å². The van der Waals surface area contributed by atoms with E-state index in [2.05, 4.69) is 10.6 Å². The Balaban J connectivity index is 1.55.